The number of hydrogen-bond acceptors (Lipinski definition) is 5. The minimum atomic E-state index is -0.719. The van der Waals surface area contributed by atoms with Crippen LogP contribution in [0.15, 0.2) is 48.5 Å². The van der Waals surface area contributed by atoms with Gasteiger partial charge in [0.25, 0.3) is 11.8 Å². The fraction of sp³-hybridized carbons (Fsp3) is 0.273. The fourth-order valence-corrected chi connectivity index (χ4v) is 2.58. The second kappa shape index (κ2) is 10.6. The van der Waals surface area contributed by atoms with Crippen LogP contribution in [0.2, 0.25) is 0 Å². The second-order valence-corrected chi connectivity index (χ2v) is 6.43. The predicted octanol–water partition coefficient (Wildman–Crippen LogP) is 2.52. The first-order valence-electron chi connectivity index (χ1n) is 9.16. The Balaban J connectivity index is 1.86. The SMILES string of the molecule is Cc1ccc(C(=O)NCC(=O)OCC(=O)N(CCC#N)c2ccccc2)cc1C. The number of hydrogen-bond donors (Lipinski definition) is 1. The molecule has 0 bridgehead atoms. The number of amides is 2. The summed E-state index contributed by atoms with van der Waals surface area (Å²) in [5, 5.41) is 11.3. The van der Waals surface area contributed by atoms with Crippen LogP contribution >= 0.6 is 0 Å². The number of nitrogens with one attached hydrogen (secondary N) is 1. The predicted molar refractivity (Wildman–Crippen MR) is 108 cm³/mol. The quantitative estimate of drug-likeness (QED) is 0.695. The molecule has 0 aliphatic carbocycles. The molecule has 150 valence electrons. The standard InChI is InChI=1S/C22H23N3O4/c1-16-9-10-18(13-17(16)2)22(28)24-14-21(27)29-15-20(26)25(12-6-11-23)19-7-4-3-5-8-19/h3-5,7-10,13H,6,12,14-15H2,1-2H3,(H,24,28). The average molecular weight is 393 g/mol. The molecule has 0 fully saturated rings. The molecular weight excluding hydrogens is 370 g/mol. The van der Waals surface area contributed by atoms with Crippen molar-refractivity contribution in [1.29, 1.82) is 5.26 Å². The average Bonchev–Trinajstić information content (AvgIpc) is 2.73. The van der Waals surface area contributed by atoms with Crippen LogP contribution in [0.3, 0.4) is 0 Å². The molecule has 2 aromatic rings. The van der Waals surface area contributed by atoms with E-state index in [-0.39, 0.29) is 19.5 Å². The summed E-state index contributed by atoms with van der Waals surface area (Å²) < 4.78 is 4.99. The third-order valence-electron chi connectivity index (χ3n) is 4.34. The van der Waals surface area contributed by atoms with Crippen LogP contribution in [0.25, 0.3) is 0 Å². The number of benzene rings is 2. The highest BCUT2D eigenvalue weighted by atomic mass is 16.5. The molecule has 0 heterocycles. The Hall–Kier alpha value is -3.66. The number of anilines is 1. The highest BCUT2D eigenvalue weighted by Gasteiger charge is 2.18. The van der Waals surface area contributed by atoms with E-state index < -0.39 is 24.4 Å². The number of para-hydroxylation sites is 1. The van der Waals surface area contributed by atoms with Gasteiger partial charge in [0, 0.05) is 17.8 Å². The Kier molecular flexibility index (Phi) is 7.92. The molecule has 7 nitrogen and oxygen atoms in total. The minimum absolute atomic E-state index is 0.153. The summed E-state index contributed by atoms with van der Waals surface area (Å²) >= 11 is 0. The smallest absolute Gasteiger partial charge is 0.325 e. The van der Waals surface area contributed by atoms with Crippen molar-refractivity contribution in [1.82, 2.24) is 5.32 Å². The van der Waals surface area contributed by atoms with Crippen molar-refractivity contribution in [2.75, 3.05) is 24.6 Å². The number of nitrogens with zero attached hydrogens (tertiary/aromatic N) is 2. The Labute approximate surface area is 169 Å². The van der Waals surface area contributed by atoms with Gasteiger partial charge in [-0.15, -0.1) is 0 Å². The molecule has 7 heteroatoms. The van der Waals surface area contributed by atoms with Crippen molar-refractivity contribution in [2.24, 2.45) is 0 Å². The van der Waals surface area contributed by atoms with E-state index in [0.717, 1.165) is 11.1 Å². The first-order chi connectivity index (χ1) is 13.9. The first kappa shape index (κ1) is 21.6. The molecule has 0 unspecified atom stereocenters. The molecule has 0 aromatic heterocycles. The lowest BCUT2D eigenvalue weighted by Gasteiger charge is -2.21. The van der Waals surface area contributed by atoms with Crippen LogP contribution < -0.4 is 10.2 Å². The topological polar surface area (TPSA) is 99.5 Å². The van der Waals surface area contributed by atoms with Crippen LogP contribution in [0, 0.1) is 25.2 Å². The van der Waals surface area contributed by atoms with Gasteiger partial charge >= 0.3 is 5.97 Å². The Bertz CT molecular complexity index is 919. The van der Waals surface area contributed by atoms with Gasteiger partial charge in [-0.05, 0) is 49.2 Å². The largest absolute Gasteiger partial charge is 0.454 e. The highest BCUT2D eigenvalue weighted by Crippen LogP contribution is 2.14. The Morgan fingerprint density at radius 2 is 1.79 bits per heavy atom. The van der Waals surface area contributed by atoms with E-state index in [2.05, 4.69) is 5.32 Å². The molecule has 2 aromatic carbocycles. The third kappa shape index (κ3) is 6.47. The van der Waals surface area contributed by atoms with E-state index in [9.17, 15) is 14.4 Å². The van der Waals surface area contributed by atoms with Crippen molar-refractivity contribution in [3.63, 3.8) is 0 Å². The van der Waals surface area contributed by atoms with Crippen molar-refractivity contribution >= 4 is 23.5 Å². The van der Waals surface area contributed by atoms with E-state index in [1.165, 1.54) is 4.90 Å². The summed E-state index contributed by atoms with van der Waals surface area (Å²) in [5.41, 5.74) is 3.11. The van der Waals surface area contributed by atoms with Gasteiger partial charge in [0.1, 0.15) is 6.54 Å². The van der Waals surface area contributed by atoms with Gasteiger partial charge in [-0.3, -0.25) is 14.4 Å². The van der Waals surface area contributed by atoms with Gasteiger partial charge in [0.2, 0.25) is 0 Å². The third-order valence-corrected chi connectivity index (χ3v) is 4.34. The maximum Gasteiger partial charge on any atom is 0.325 e. The number of ether oxygens (including phenoxy) is 1. The molecule has 29 heavy (non-hydrogen) atoms. The zero-order valence-electron chi connectivity index (χ0n) is 16.5. The van der Waals surface area contributed by atoms with Crippen LogP contribution in [-0.4, -0.2) is 37.5 Å². The van der Waals surface area contributed by atoms with Gasteiger partial charge in [-0.1, -0.05) is 24.3 Å². The summed E-state index contributed by atoms with van der Waals surface area (Å²) in [6, 6.07) is 16.1. The van der Waals surface area contributed by atoms with Gasteiger partial charge in [-0.25, -0.2) is 0 Å². The number of rotatable bonds is 8. The maximum atomic E-state index is 12.4. The van der Waals surface area contributed by atoms with Crippen LogP contribution in [-0.2, 0) is 14.3 Å². The number of carbonyl (C=O) groups is 3. The molecule has 0 saturated carbocycles. The second-order valence-electron chi connectivity index (χ2n) is 6.43. The zero-order chi connectivity index (χ0) is 21.2. The van der Waals surface area contributed by atoms with E-state index in [4.69, 9.17) is 10.00 Å². The van der Waals surface area contributed by atoms with Gasteiger partial charge in [0.15, 0.2) is 6.61 Å². The summed E-state index contributed by atoms with van der Waals surface area (Å²) in [6.07, 6.45) is 0.153. The molecule has 2 amide bonds. The Morgan fingerprint density at radius 1 is 1.07 bits per heavy atom. The van der Waals surface area contributed by atoms with E-state index >= 15 is 0 Å². The molecule has 0 aliphatic heterocycles. The van der Waals surface area contributed by atoms with Crippen molar-refractivity contribution < 1.29 is 19.1 Å². The number of carbonyl (C=O) groups excluding carboxylic acids is 3. The molecule has 0 spiro atoms. The Morgan fingerprint density at radius 3 is 2.45 bits per heavy atom. The monoisotopic (exact) mass is 393 g/mol. The van der Waals surface area contributed by atoms with Gasteiger partial charge in [-0.2, -0.15) is 5.26 Å². The van der Waals surface area contributed by atoms with Crippen LogP contribution in [0.5, 0.6) is 0 Å². The van der Waals surface area contributed by atoms with Crippen molar-refractivity contribution in [2.45, 2.75) is 20.3 Å². The maximum absolute atomic E-state index is 12.4. The number of aryl methyl sites for hydroxylation is 2. The fourth-order valence-electron chi connectivity index (χ4n) is 2.58. The summed E-state index contributed by atoms with van der Waals surface area (Å²) in [7, 11) is 0. The molecule has 0 radical (unpaired) electrons. The summed E-state index contributed by atoms with van der Waals surface area (Å²) in [5.74, 6) is -1.56. The lowest BCUT2D eigenvalue weighted by Crippen LogP contribution is -2.37. The first-order valence-corrected chi connectivity index (χ1v) is 9.16. The molecule has 0 saturated heterocycles. The van der Waals surface area contributed by atoms with Crippen LogP contribution in [0.1, 0.15) is 27.9 Å². The molecule has 2 rings (SSSR count). The molecule has 0 aliphatic rings. The molecule has 0 atom stereocenters. The number of esters is 1. The highest BCUT2D eigenvalue weighted by molar-refractivity contribution is 5.97. The summed E-state index contributed by atoms with van der Waals surface area (Å²) in [6.45, 7) is 3.22. The van der Waals surface area contributed by atoms with E-state index in [1.54, 1.807) is 36.4 Å². The molecule has 1 N–H and O–H groups in total. The normalized spacial score (nSPS) is 9.97. The summed E-state index contributed by atoms with van der Waals surface area (Å²) in [4.78, 5) is 37.9. The van der Waals surface area contributed by atoms with Crippen molar-refractivity contribution in [3.05, 3.63) is 65.2 Å². The lowest BCUT2D eigenvalue weighted by atomic mass is 10.1. The number of nitriles is 1. The van der Waals surface area contributed by atoms with Gasteiger partial charge < -0.3 is 15.0 Å². The van der Waals surface area contributed by atoms with Gasteiger partial charge in [0.05, 0.1) is 12.5 Å². The molecular formula is C22H23N3O4. The van der Waals surface area contributed by atoms with Crippen molar-refractivity contribution in [3.8, 4) is 6.07 Å². The zero-order valence-corrected chi connectivity index (χ0v) is 16.5. The lowest BCUT2D eigenvalue weighted by molar-refractivity contribution is -0.146. The van der Waals surface area contributed by atoms with E-state index in [1.807, 2.05) is 32.0 Å². The van der Waals surface area contributed by atoms with E-state index in [0.29, 0.717) is 11.3 Å². The minimum Gasteiger partial charge on any atom is -0.454 e. The van der Waals surface area contributed by atoms with Crippen LogP contribution in [0.4, 0.5) is 5.69 Å².